The van der Waals surface area contributed by atoms with Crippen LogP contribution < -0.4 is 0 Å². The molecule has 0 aromatic heterocycles. The number of hydrogen-bond donors (Lipinski definition) is 0. The summed E-state index contributed by atoms with van der Waals surface area (Å²) in [6.07, 6.45) is 0.815. The number of benzene rings is 4. The predicted molar refractivity (Wildman–Crippen MR) is 145 cm³/mol. The summed E-state index contributed by atoms with van der Waals surface area (Å²) in [5.74, 6) is 0. The van der Waals surface area contributed by atoms with Crippen molar-refractivity contribution in [3.05, 3.63) is 150 Å². The Morgan fingerprint density at radius 3 is 1.59 bits per heavy atom. The van der Waals surface area contributed by atoms with Gasteiger partial charge in [0.2, 0.25) is 0 Å². The Bertz CT molecular complexity index is 1230. The van der Waals surface area contributed by atoms with Gasteiger partial charge in [-0.25, -0.2) is 0 Å². The lowest BCUT2D eigenvalue weighted by Gasteiger charge is -2.38. The SMILES string of the molecule is C1=C(c2ccccc2)[C@@H](OCc2ccccc2)[C@H](OCc2ccccc2)[C@@H](COCc2ccccc2)O1. The molecular formula is C33H32O4. The first kappa shape index (κ1) is 25.0. The van der Waals surface area contributed by atoms with E-state index in [2.05, 4.69) is 48.5 Å². The molecule has 0 radical (unpaired) electrons. The van der Waals surface area contributed by atoms with E-state index in [4.69, 9.17) is 18.9 Å². The second-order valence-corrected chi connectivity index (χ2v) is 9.09. The van der Waals surface area contributed by atoms with Gasteiger partial charge >= 0.3 is 0 Å². The van der Waals surface area contributed by atoms with Crippen LogP contribution in [0.1, 0.15) is 22.3 Å². The quantitative estimate of drug-likeness (QED) is 0.230. The maximum atomic E-state index is 6.60. The Hall–Kier alpha value is -3.70. The zero-order valence-electron chi connectivity index (χ0n) is 20.8. The highest BCUT2D eigenvalue weighted by Gasteiger charge is 2.39. The third-order valence-corrected chi connectivity index (χ3v) is 6.40. The molecule has 1 heterocycles. The summed E-state index contributed by atoms with van der Waals surface area (Å²) in [7, 11) is 0. The summed E-state index contributed by atoms with van der Waals surface area (Å²) in [5, 5.41) is 0. The van der Waals surface area contributed by atoms with E-state index in [0.29, 0.717) is 26.4 Å². The second kappa shape index (κ2) is 13.0. The van der Waals surface area contributed by atoms with E-state index < -0.39 is 0 Å². The van der Waals surface area contributed by atoms with Crippen LogP contribution in [0.15, 0.2) is 128 Å². The first-order chi connectivity index (χ1) is 18.4. The maximum Gasteiger partial charge on any atom is 0.150 e. The normalized spacial score (nSPS) is 19.1. The molecule has 0 saturated carbocycles. The molecule has 4 nitrogen and oxygen atoms in total. The van der Waals surface area contributed by atoms with Gasteiger partial charge in [-0.2, -0.15) is 0 Å². The lowest BCUT2D eigenvalue weighted by molar-refractivity contribution is -0.143. The number of ether oxygens (including phenoxy) is 4. The monoisotopic (exact) mass is 492 g/mol. The largest absolute Gasteiger partial charge is 0.492 e. The third kappa shape index (κ3) is 6.95. The molecule has 0 N–H and O–H groups in total. The average molecular weight is 493 g/mol. The predicted octanol–water partition coefficient (Wildman–Crippen LogP) is 6.81. The molecule has 1 aliphatic rings. The zero-order valence-corrected chi connectivity index (χ0v) is 20.8. The summed E-state index contributed by atoms with van der Waals surface area (Å²) in [6, 6.07) is 40.8. The zero-order chi connectivity index (χ0) is 25.1. The highest BCUT2D eigenvalue weighted by Crippen LogP contribution is 2.33. The van der Waals surface area contributed by atoms with Crippen LogP contribution >= 0.6 is 0 Å². The summed E-state index contributed by atoms with van der Waals surface area (Å²) < 4.78 is 25.5. The van der Waals surface area contributed by atoms with Crippen molar-refractivity contribution in [1.82, 2.24) is 0 Å². The molecule has 0 aliphatic carbocycles. The first-order valence-electron chi connectivity index (χ1n) is 12.7. The molecule has 5 rings (SSSR count). The van der Waals surface area contributed by atoms with E-state index in [1.165, 1.54) is 0 Å². The molecular weight excluding hydrogens is 460 g/mol. The number of rotatable bonds is 11. The van der Waals surface area contributed by atoms with Crippen molar-refractivity contribution in [3.8, 4) is 0 Å². The van der Waals surface area contributed by atoms with Crippen molar-refractivity contribution in [3.63, 3.8) is 0 Å². The standard InChI is InChI=1S/C33H32O4/c1-5-13-26(14-6-1)21-34-25-31-33(37-23-28-17-9-3-10-18-28)32(36-22-27-15-7-2-8-16-27)30(24-35-31)29-19-11-4-12-20-29/h1-20,24,31-33H,21-23,25H2/t31-,32-,33-/m1/s1. The fourth-order valence-electron chi connectivity index (χ4n) is 4.45. The van der Waals surface area contributed by atoms with Crippen LogP contribution in [-0.2, 0) is 38.8 Å². The molecule has 0 amide bonds. The van der Waals surface area contributed by atoms with Crippen LogP contribution in [0.2, 0.25) is 0 Å². The highest BCUT2D eigenvalue weighted by molar-refractivity contribution is 5.69. The van der Waals surface area contributed by atoms with Gasteiger partial charge in [0.15, 0.2) is 0 Å². The van der Waals surface area contributed by atoms with Crippen LogP contribution in [0.3, 0.4) is 0 Å². The summed E-state index contributed by atoms with van der Waals surface area (Å²) in [6.45, 7) is 1.82. The second-order valence-electron chi connectivity index (χ2n) is 9.09. The number of hydrogen-bond acceptors (Lipinski definition) is 4. The molecule has 188 valence electrons. The van der Waals surface area contributed by atoms with Crippen molar-refractivity contribution in [1.29, 1.82) is 0 Å². The fourth-order valence-corrected chi connectivity index (χ4v) is 4.45. The molecule has 4 heteroatoms. The van der Waals surface area contributed by atoms with Gasteiger partial charge in [0.05, 0.1) is 32.7 Å². The Labute approximate surface area is 219 Å². The van der Waals surface area contributed by atoms with Crippen LogP contribution in [0.4, 0.5) is 0 Å². The molecule has 37 heavy (non-hydrogen) atoms. The molecule has 0 fully saturated rings. The molecule has 0 saturated heterocycles. The van der Waals surface area contributed by atoms with E-state index in [1.54, 1.807) is 0 Å². The van der Waals surface area contributed by atoms with Crippen LogP contribution in [0, 0.1) is 0 Å². The van der Waals surface area contributed by atoms with Crippen molar-refractivity contribution < 1.29 is 18.9 Å². The van der Waals surface area contributed by atoms with Gasteiger partial charge in [0.25, 0.3) is 0 Å². The Morgan fingerprint density at radius 2 is 1.03 bits per heavy atom. The van der Waals surface area contributed by atoms with Crippen molar-refractivity contribution in [2.45, 2.75) is 38.1 Å². The van der Waals surface area contributed by atoms with Gasteiger partial charge in [-0.05, 0) is 22.3 Å². The maximum absolute atomic E-state index is 6.60. The minimum atomic E-state index is -0.361. The molecule has 0 unspecified atom stereocenters. The van der Waals surface area contributed by atoms with Gasteiger partial charge in [0, 0.05) is 5.57 Å². The van der Waals surface area contributed by atoms with Crippen LogP contribution in [-0.4, -0.2) is 24.9 Å². The minimum Gasteiger partial charge on any atom is -0.492 e. The smallest absolute Gasteiger partial charge is 0.150 e. The van der Waals surface area contributed by atoms with Crippen molar-refractivity contribution in [2.75, 3.05) is 6.61 Å². The summed E-state index contributed by atoms with van der Waals surface area (Å²) >= 11 is 0. The molecule has 0 bridgehead atoms. The van der Waals surface area contributed by atoms with E-state index in [1.807, 2.05) is 79.1 Å². The third-order valence-electron chi connectivity index (χ3n) is 6.40. The fraction of sp³-hybridized carbons (Fsp3) is 0.212. The van der Waals surface area contributed by atoms with Crippen molar-refractivity contribution in [2.24, 2.45) is 0 Å². The van der Waals surface area contributed by atoms with E-state index in [-0.39, 0.29) is 18.3 Å². The van der Waals surface area contributed by atoms with Gasteiger partial charge in [-0.1, -0.05) is 121 Å². The van der Waals surface area contributed by atoms with Gasteiger partial charge in [-0.3, -0.25) is 0 Å². The lowest BCUT2D eigenvalue weighted by atomic mass is 9.93. The minimum absolute atomic E-state index is 0.319. The highest BCUT2D eigenvalue weighted by atomic mass is 16.6. The van der Waals surface area contributed by atoms with Crippen molar-refractivity contribution >= 4 is 5.57 Å². The summed E-state index contributed by atoms with van der Waals surface area (Å²) in [5.41, 5.74) is 5.35. The Balaban J connectivity index is 1.39. The Morgan fingerprint density at radius 1 is 0.541 bits per heavy atom. The van der Waals surface area contributed by atoms with E-state index in [9.17, 15) is 0 Å². The van der Waals surface area contributed by atoms with Gasteiger partial charge in [0.1, 0.15) is 18.3 Å². The molecule has 4 aromatic carbocycles. The lowest BCUT2D eigenvalue weighted by Crippen LogP contribution is -2.47. The molecule has 3 atom stereocenters. The van der Waals surface area contributed by atoms with Gasteiger partial charge < -0.3 is 18.9 Å². The van der Waals surface area contributed by atoms with E-state index >= 15 is 0 Å². The Kier molecular flexibility index (Phi) is 8.79. The molecule has 4 aromatic rings. The first-order valence-corrected chi connectivity index (χ1v) is 12.7. The van der Waals surface area contributed by atoms with Crippen LogP contribution in [0.25, 0.3) is 5.57 Å². The molecule has 1 aliphatic heterocycles. The summed E-state index contributed by atoms with van der Waals surface area (Å²) in [4.78, 5) is 0. The van der Waals surface area contributed by atoms with Gasteiger partial charge in [-0.15, -0.1) is 0 Å². The molecule has 0 spiro atoms. The van der Waals surface area contributed by atoms with E-state index in [0.717, 1.165) is 27.8 Å². The topological polar surface area (TPSA) is 36.9 Å². The average Bonchev–Trinajstić information content (AvgIpc) is 2.97. The van der Waals surface area contributed by atoms with Crippen LogP contribution in [0.5, 0.6) is 0 Å².